The van der Waals surface area contributed by atoms with E-state index in [1.807, 2.05) is 48.5 Å². The van der Waals surface area contributed by atoms with E-state index in [4.69, 9.17) is 0 Å². The van der Waals surface area contributed by atoms with Gasteiger partial charge in [0.1, 0.15) is 0 Å². The van der Waals surface area contributed by atoms with Gasteiger partial charge in [0.05, 0.1) is 17.9 Å². The molecule has 0 aliphatic heterocycles. The van der Waals surface area contributed by atoms with Crippen molar-refractivity contribution in [2.24, 2.45) is 0 Å². The van der Waals surface area contributed by atoms with Crippen LogP contribution in [0.25, 0.3) is 5.69 Å². The molecular weight excluding hydrogens is 398 g/mol. The largest absolute Gasteiger partial charge is 0.376 e. The lowest BCUT2D eigenvalue weighted by Crippen LogP contribution is -2.09. The zero-order chi connectivity index (χ0) is 14.7. The van der Waals surface area contributed by atoms with Gasteiger partial charge in [-0.05, 0) is 66.6 Å². The van der Waals surface area contributed by atoms with E-state index in [0.717, 1.165) is 26.1 Å². The van der Waals surface area contributed by atoms with Gasteiger partial charge in [-0.2, -0.15) is 4.68 Å². The number of rotatable bonds is 4. The normalized spacial score (nSPS) is 10.6. The van der Waals surface area contributed by atoms with E-state index in [1.165, 1.54) is 0 Å². The number of nitrogens with zero attached hydrogens (tertiary/aromatic N) is 4. The number of anilines is 1. The molecular formula is C14H11Br2N5. The summed E-state index contributed by atoms with van der Waals surface area (Å²) >= 11 is 7.05. The average Bonchev–Trinajstić information content (AvgIpc) is 2.96. The maximum absolute atomic E-state index is 4.08. The van der Waals surface area contributed by atoms with Gasteiger partial charge in [0.2, 0.25) is 0 Å². The van der Waals surface area contributed by atoms with E-state index in [1.54, 1.807) is 4.68 Å². The second-order valence-electron chi connectivity index (χ2n) is 4.29. The Labute approximate surface area is 138 Å². The molecule has 0 unspecified atom stereocenters. The first-order chi connectivity index (χ1) is 10.3. The summed E-state index contributed by atoms with van der Waals surface area (Å²) in [5, 5.41) is 15.2. The molecule has 1 heterocycles. The van der Waals surface area contributed by atoms with Crippen molar-refractivity contribution in [1.29, 1.82) is 0 Å². The first-order valence-electron chi connectivity index (χ1n) is 6.26. The molecule has 1 N–H and O–H groups in total. The van der Waals surface area contributed by atoms with Crippen LogP contribution in [-0.4, -0.2) is 20.2 Å². The Balaban J connectivity index is 1.83. The van der Waals surface area contributed by atoms with Crippen LogP contribution in [0.15, 0.2) is 57.5 Å². The molecule has 21 heavy (non-hydrogen) atoms. The third kappa shape index (κ3) is 3.14. The molecule has 0 fully saturated rings. The fourth-order valence-electron chi connectivity index (χ4n) is 1.92. The summed E-state index contributed by atoms with van der Waals surface area (Å²) in [7, 11) is 0. The highest BCUT2D eigenvalue weighted by atomic mass is 79.9. The van der Waals surface area contributed by atoms with Crippen molar-refractivity contribution in [3.8, 4) is 5.69 Å². The maximum atomic E-state index is 4.08. The number of halogens is 2. The van der Waals surface area contributed by atoms with Crippen LogP contribution in [0, 0.1) is 0 Å². The molecule has 2 aromatic carbocycles. The molecule has 0 saturated heterocycles. The van der Waals surface area contributed by atoms with Gasteiger partial charge in [-0.25, -0.2) is 0 Å². The lowest BCUT2D eigenvalue weighted by molar-refractivity contribution is 0.768. The lowest BCUT2D eigenvalue weighted by Gasteiger charge is -2.10. The number of tetrazole rings is 1. The van der Waals surface area contributed by atoms with E-state index >= 15 is 0 Å². The number of hydrogen-bond acceptors (Lipinski definition) is 4. The minimum absolute atomic E-state index is 0.517. The molecule has 0 amide bonds. The van der Waals surface area contributed by atoms with Crippen LogP contribution >= 0.6 is 31.9 Å². The Kier molecular flexibility index (Phi) is 4.31. The molecule has 0 bridgehead atoms. The number of nitrogens with one attached hydrogen (secondary N) is 1. The van der Waals surface area contributed by atoms with Crippen molar-refractivity contribution in [3.05, 3.63) is 63.3 Å². The molecule has 0 atom stereocenters. The van der Waals surface area contributed by atoms with Gasteiger partial charge in [0, 0.05) is 8.95 Å². The van der Waals surface area contributed by atoms with Crippen LogP contribution in [0.1, 0.15) is 5.82 Å². The van der Waals surface area contributed by atoms with E-state index in [9.17, 15) is 0 Å². The second kappa shape index (κ2) is 6.36. The Bertz CT molecular complexity index is 722. The summed E-state index contributed by atoms with van der Waals surface area (Å²) in [5.41, 5.74) is 1.91. The second-order valence-corrected chi connectivity index (χ2v) is 6.00. The van der Waals surface area contributed by atoms with E-state index < -0.39 is 0 Å². The maximum Gasteiger partial charge on any atom is 0.175 e. The van der Waals surface area contributed by atoms with Gasteiger partial charge in [-0.3, -0.25) is 0 Å². The fraction of sp³-hybridized carbons (Fsp3) is 0.0714. The van der Waals surface area contributed by atoms with Crippen molar-refractivity contribution in [1.82, 2.24) is 20.2 Å². The van der Waals surface area contributed by atoms with Crippen molar-refractivity contribution >= 4 is 37.5 Å². The summed E-state index contributed by atoms with van der Waals surface area (Å²) in [4.78, 5) is 0. The molecule has 0 aliphatic carbocycles. The topological polar surface area (TPSA) is 55.6 Å². The van der Waals surface area contributed by atoms with Crippen LogP contribution in [0.2, 0.25) is 0 Å². The standard InChI is InChI=1S/C14H11Br2N5/c15-11-7-4-8-12(16)14(11)17-9-13-18-19-20-21(13)10-5-2-1-3-6-10/h1-8,17H,9H2. The lowest BCUT2D eigenvalue weighted by atomic mass is 10.3. The summed E-state index contributed by atoms with van der Waals surface area (Å²) < 4.78 is 3.68. The average molecular weight is 409 g/mol. The molecule has 0 saturated carbocycles. The predicted molar refractivity (Wildman–Crippen MR) is 88.3 cm³/mol. The minimum Gasteiger partial charge on any atom is -0.376 e. The molecule has 3 rings (SSSR count). The van der Waals surface area contributed by atoms with Crippen LogP contribution in [0.4, 0.5) is 5.69 Å². The van der Waals surface area contributed by atoms with Gasteiger partial charge < -0.3 is 5.32 Å². The SMILES string of the molecule is Brc1cccc(Br)c1NCc1nnnn1-c1ccccc1. The summed E-state index contributed by atoms with van der Waals surface area (Å²) in [5.74, 6) is 0.740. The zero-order valence-corrected chi connectivity index (χ0v) is 14.0. The smallest absolute Gasteiger partial charge is 0.175 e. The Morgan fingerprint density at radius 3 is 2.38 bits per heavy atom. The van der Waals surface area contributed by atoms with Crippen LogP contribution < -0.4 is 5.32 Å². The predicted octanol–water partition coefficient (Wildman–Crippen LogP) is 3.80. The molecule has 0 aliphatic rings. The van der Waals surface area contributed by atoms with Crippen LogP contribution in [0.5, 0.6) is 0 Å². The number of hydrogen-bond donors (Lipinski definition) is 1. The summed E-state index contributed by atoms with van der Waals surface area (Å²) in [6.07, 6.45) is 0. The first-order valence-corrected chi connectivity index (χ1v) is 7.85. The minimum atomic E-state index is 0.517. The molecule has 0 spiro atoms. The highest BCUT2D eigenvalue weighted by Crippen LogP contribution is 2.30. The third-order valence-electron chi connectivity index (χ3n) is 2.92. The first kappa shape index (κ1) is 14.2. The Morgan fingerprint density at radius 2 is 1.67 bits per heavy atom. The van der Waals surface area contributed by atoms with E-state index in [0.29, 0.717) is 6.54 Å². The van der Waals surface area contributed by atoms with Gasteiger partial charge in [0.25, 0.3) is 0 Å². The van der Waals surface area contributed by atoms with Gasteiger partial charge in [-0.15, -0.1) is 5.10 Å². The quantitative estimate of drug-likeness (QED) is 0.713. The fourth-order valence-corrected chi connectivity index (χ4v) is 3.20. The molecule has 3 aromatic rings. The molecule has 5 nitrogen and oxygen atoms in total. The molecule has 0 radical (unpaired) electrons. The van der Waals surface area contributed by atoms with Crippen molar-refractivity contribution in [2.75, 3.05) is 5.32 Å². The highest BCUT2D eigenvalue weighted by Gasteiger charge is 2.10. The highest BCUT2D eigenvalue weighted by molar-refractivity contribution is 9.11. The summed E-state index contributed by atoms with van der Waals surface area (Å²) in [6.45, 7) is 0.517. The number of aromatic nitrogens is 4. The Hall–Kier alpha value is -1.73. The van der Waals surface area contributed by atoms with Crippen molar-refractivity contribution < 1.29 is 0 Å². The third-order valence-corrected chi connectivity index (χ3v) is 4.24. The Morgan fingerprint density at radius 1 is 0.952 bits per heavy atom. The van der Waals surface area contributed by atoms with Gasteiger partial charge >= 0.3 is 0 Å². The van der Waals surface area contributed by atoms with Crippen LogP contribution in [0.3, 0.4) is 0 Å². The summed E-state index contributed by atoms with van der Waals surface area (Å²) in [6, 6.07) is 15.7. The monoisotopic (exact) mass is 407 g/mol. The van der Waals surface area contributed by atoms with E-state index in [-0.39, 0.29) is 0 Å². The number of para-hydroxylation sites is 2. The van der Waals surface area contributed by atoms with E-state index in [2.05, 4.69) is 52.7 Å². The molecule has 7 heteroatoms. The van der Waals surface area contributed by atoms with Crippen molar-refractivity contribution in [2.45, 2.75) is 6.54 Å². The molecule has 1 aromatic heterocycles. The van der Waals surface area contributed by atoms with Gasteiger partial charge in [-0.1, -0.05) is 24.3 Å². The van der Waals surface area contributed by atoms with Gasteiger partial charge in [0.15, 0.2) is 5.82 Å². The zero-order valence-electron chi connectivity index (χ0n) is 10.9. The van der Waals surface area contributed by atoms with Crippen LogP contribution in [-0.2, 0) is 6.54 Å². The van der Waals surface area contributed by atoms with Crippen molar-refractivity contribution in [3.63, 3.8) is 0 Å². The number of benzene rings is 2. The molecule has 106 valence electrons.